The van der Waals surface area contributed by atoms with Crippen LogP contribution in [0.15, 0.2) is 42.5 Å². The average Bonchev–Trinajstić information content (AvgIpc) is 3.10. The van der Waals surface area contributed by atoms with Crippen LogP contribution in [0.25, 0.3) is 0 Å². The van der Waals surface area contributed by atoms with Crippen molar-refractivity contribution in [1.29, 1.82) is 0 Å². The lowest BCUT2D eigenvalue weighted by atomic mass is 9.95. The Morgan fingerprint density at radius 3 is 2.14 bits per heavy atom. The lowest BCUT2D eigenvalue weighted by Crippen LogP contribution is -2.51. The van der Waals surface area contributed by atoms with Crippen molar-refractivity contribution >= 4 is 17.5 Å². The Labute approximate surface area is 211 Å². The minimum absolute atomic E-state index is 0.0247. The number of rotatable bonds is 8. The molecule has 0 spiro atoms. The van der Waals surface area contributed by atoms with Gasteiger partial charge in [-0.05, 0) is 47.9 Å². The minimum atomic E-state index is -0.338. The highest BCUT2D eigenvalue weighted by Crippen LogP contribution is 2.34. The van der Waals surface area contributed by atoms with Gasteiger partial charge in [-0.1, -0.05) is 19.9 Å². The van der Waals surface area contributed by atoms with E-state index in [1.807, 2.05) is 18.2 Å². The number of fused-ring (bicyclic) bond motifs is 1. The lowest BCUT2D eigenvalue weighted by molar-refractivity contribution is -0.124. The first-order valence-corrected chi connectivity index (χ1v) is 12.6. The number of hydrogen-bond acceptors (Lipinski definition) is 6. The number of ether oxygens (including phenoxy) is 2. The normalized spacial score (nSPS) is 17.3. The van der Waals surface area contributed by atoms with Gasteiger partial charge in [0.25, 0.3) is 0 Å². The molecule has 2 amide bonds. The standard InChI is InChI=1S/C27H35FN4O4/c1-19(2)27(20-4-9-23-24(16-20)36-15-3-14-35-23)30-26(34)18-32-12-10-31(11-13-32)17-25(33)29-22-7-5-21(28)6-8-22/h4-9,16,19,27H,3,10-15,17-18H2,1-2H3,(H,29,33)(H,30,34). The molecule has 2 aliphatic rings. The van der Waals surface area contributed by atoms with E-state index in [2.05, 4.69) is 34.3 Å². The van der Waals surface area contributed by atoms with E-state index in [9.17, 15) is 14.0 Å². The fraction of sp³-hybridized carbons (Fsp3) is 0.481. The highest BCUT2D eigenvalue weighted by Gasteiger charge is 2.24. The number of nitrogens with one attached hydrogen (secondary N) is 2. The van der Waals surface area contributed by atoms with E-state index in [0.717, 1.165) is 23.5 Å². The molecule has 9 heteroatoms. The van der Waals surface area contributed by atoms with Gasteiger partial charge in [-0.3, -0.25) is 19.4 Å². The Balaban J connectivity index is 1.24. The second-order valence-electron chi connectivity index (χ2n) is 9.65. The van der Waals surface area contributed by atoms with E-state index in [1.165, 1.54) is 12.1 Å². The van der Waals surface area contributed by atoms with Gasteiger partial charge in [-0.15, -0.1) is 0 Å². The largest absolute Gasteiger partial charge is 0.490 e. The first-order chi connectivity index (χ1) is 17.4. The van der Waals surface area contributed by atoms with E-state index in [-0.39, 0.29) is 36.1 Å². The van der Waals surface area contributed by atoms with Crippen molar-refractivity contribution in [2.24, 2.45) is 5.92 Å². The molecule has 0 bridgehead atoms. The third-order valence-electron chi connectivity index (χ3n) is 6.44. The van der Waals surface area contributed by atoms with Crippen LogP contribution in [0.2, 0.25) is 0 Å². The summed E-state index contributed by atoms with van der Waals surface area (Å²) in [4.78, 5) is 29.4. The Morgan fingerprint density at radius 2 is 1.50 bits per heavy atom. The van der Waals surface area contributed by atoms with Gasteiger partial charge in [0.1, 0.15) is 5.82 Å². The maximum absolute atomic E-state index is 13.0. The molecular weight excluding hydrogens is 463 g/mol. The fourth-order valence-corrected chi connectivity index (χ4v) is 4.47. The highest BCUT2D eigenvalue weighted by molar-refractivity contribution is 5.92. The number of carbonyl (C=O) groups is 2. The molecule has 2 heterocycles. The molecule has 1 saturated heterocycles. The second-order valence-corrected chi connectivity index (χ2v) is 9.65. The molecule has 0 aliphatic carbocycles. The van der Waals surface area contributed by atoms with Gasteiger partial charge in [-0.25, -0.2) is 4.39 Å². The fourth-order valence-electron chi connectivity index (χ4n) is 4.47. The van der Waals surface area contributed by atoms with Crippen LogP contribution < -0.4 is 20.1 Å². The van der Waals surface area contributed by atoms with E-state index in [0.29, 0.717) is 51.6 Å². The van der Waals surface area contributed by atoms with Gasteiger partial charge in [0.2, 0.25) is 11.8 Å². The topological polar surface area (TPSA) is 83.1 Å². The zero-order chi connectivity index (χ0) is 25.5. The Hall–Kier alpha value is -3.17. The van der Waals surface area contributed by atoms with E-state index in [4.69, 9.17) is 9.47 Å². The predicted octanol–water partition coefficient (Wildman–Crippen LogP) is 3.06. The molecule has 194 valence electrons. The Bertz CT molecular complexity index is 1040. The van der Waals surface area contributed by atoms with Gasteiger partial charge < -0.3 is 20.1 Å². The molecular formula is C27H35FN4O4. The molecule has 2 N–H and O–H groups in total. The first kappa shape index (κ1) is 25.9. The quantitative estimate of drug-likeness (QED) is 0.582. The van der Waals surface area contributed by atoms with E-state index >= 15 is 0 Å². The van der Waals surface area contributed by atoms with Gasteiger partial charge in [0.05, 0.1) is 32.3 Å². The maximum atomic E-state index is 13.0. The number of halogens is 1. The number of anilines is 1. The molecule has 2 aromatic carbocycles. The summed E-state index contributed by atoms with van der Waals surface area (Å²) in [5.74, 6) is 1.18. The minimum Gasteiger partial charge on any atom is -0.490 e. The van der Waals surface area contributed by atoms with Crippen LogP contribution in [-0.2, 0) is 9.59 Å². The number of benzene rings is 2. The molecule has 2 aromatic rings. The number of amides is 2. The molecule has 36 heavy (non-hydrogen) atoms. The van der Waals surface area contributed by atoms with E-state index < -0.39 is 0 Å². The predicted molar refractivity (Wildman–Crippen MR) is 136 cm³/mol. The summed E-state index contributed by atoms with van der Waals surface area (Å²) in [7, 11) is 0. The van der Waals surface area contributed by atoms with Gasteiger partial charge in [0, 0.05) is 38.3 Å². The van der Waals surface area contributed by atoms with Crippen molar-refractivity contribution in [1.82, 2.24) is 15.1 Å². The van der Waals surface area contributed by atoms with Crippen LogP contribution >= 0.6 is 0 Å². The zero-order valence-electron chi connectivity index (χ0n) is 21.0. The number of piperazine rings is 1. The van der Waals surface area contributed by atoms with Crippen molar-refractivity contribution in [3.8, 4) is 11.5 Å². The number of hydrogen-bond donors (Lipinski definition) is 2. The Morgan fingerprint density at radius 1 is 0.889 bits per heavy atom. The van der Waals surface area contributed by atoms with Crippen molar-refractivity contribution in [3.05, 3.63) is 53.8 Å². The van der Waals surface area contributed by atoms with Crippen LogP contribution in [0, 0.1) is 11.7 Å². The van der Waals surface area contributed by atoms with E-state index in [1.54, 1.807) is 12.1 Å². The average molecular weight is 499 g/mol. The summed E-state index contributed by atoms with van der Waals surface area (Å²) in [6.45, 7) is 8.80. The smallest absolute Gasteiger partial charge is 0.238 e. The summed E-state index contributed by atoms with van der Waals surface area (Å²) in [6.07, 6.45) is 0.848. The molecule has 0 radical (unpaired) electrons. The summed E-state index contributed by atoms with van der Waals surface area (Å²) >= 11 is 0. The third-order valence-corrected chi connectivity index (χ3v) is 6.44. The molecule has 4 rings (SSSR count). The highest BCUT2D eigenvalue weighted by atomic mass is 19.1. The summed E-state index contributed by atoms with van der Waals surface area (Å²) in [6, 6.07) is 11.5. The summed E-state index contributed by atoms with van der Waals surface area (Å²) < 4.78 is 24.6. The molecule has 0 saturated carbocycles. The van der Waals surface area contributed by atoms with Crippen molar-refractivity contribution in [2.75, 3.05) is 57.8 Å². The van der Waals surface area contributed by atoms with Crippen molar-refractivity contribution < 1.29 is 23.5 Å². The monoisotopic (exact) mass is 498 g/mol. The molecule has 1 atom stereocenters. The molecule has 0 aromatic heterocycles. The van der Waals surface area contributed by atoms with Crippen molar-refractivity contribution in [2.45, 2.75) is 26.3 Å². The van der Waals surface area contributed by atoms with Gasteiger partial charge in [0.15, 0.2) is 11.5 Å². The van der Waals surface area contributed by atoms with Crippen LogP contribution in [0.4, 0.5) is 10.1 Å². The van der Waals surface area contributed by atoms with Crippen LogP contribution in [-0.4, -0.2) is 74.1 Å². The maximum Gasteiger partial charge on any atom is 0.238 e. The van der Waals surface area contributed by atoms with Crippen molar-refractivity contribution in [3.63, 3.8) is 0 Å². The molecule has 2 aliphatic heterocycles. The summed E-state index contributed by atoms with van der Waals surface area (Å²) in [5.41, 5.74) is 1.57. The molecule has 1 fully saturated rings. The van der Waals surface area contributed by atoms with Crippen LogP contribution in [0.3, 0.4) is 0 Å². The van der Waals surface area contributed by atoms with Crippen LogP contribution in [0.5, 0.6) is 11.5 Å². The first-order valence-electron chi connectivity index (χ1n) is 12.6. The van der Waals surface area contributed by atoms with Gasteiger partial charge in [-0.2, -0.15) is 0 Å². The zero-order valence-corrected chi connectivity index (χ0v) is 21.0. The third kappa shape index (κ3) is 7.18. The second kappa shape index (κ2) is 12.2. The molecule has 8 nitrogen and oxygen atoms in total. The molecule has 1 unspecified atom stereocenters. The summed E-state index contributed by atoms with van der Waals surface area (Å²) in [5, 5.41) is 5.98. The number of carbonyl (C=O) groups excluding carboxylic acids is 2. The SMILES string of the molecule is CC(C)C(NC(=O)CN1CCN(CC(=O)Nc2ccc(F)cc2)CC1)c1ccc2c(c1)OCCCO2. The van der Waals surface area contributed by atoms with Gasteiger partial charge >= 0.3 is 0 Å². The van der Waals surface area contributed by atoms with Crippen LogP contribution in [0.1, 0.15) is 31.9 Å². The number of nitrogens with zero attached hydrogens (tertiary/aromatic N) is 2. The Kier molecular flexibility index (Phi) is 8.77. The lowest BCUT2D eigenvalue weighted by Gasteiger charge is -2.34.